The van der Waals surface area contributed by atoms with Gasteiger partial charge in [-0.2, -0.15) is 5.10 Å². The van der Waals surface area contributed by atoms with Crippen molar-refractivity contribution < 1.29 is 18.3 Å². The number of hydrogen-bond donors (Lipinski definition) is 3. The van der Waals surface area contributed by atoms with Crippen LogP contribution in [0.5, 0.6) is 0 Å². The van der Waals surface area contributed by atoms with Gasteiger partial charge in [-0.25, -0.2) is 18.6 Å². The van der Waals surface area contributed by atoms with Gasteiger partial charge in [0.15, 0.2) is 5.84 Å². The Bertz CT molecular complexity index is 1200. The standard InChI is InChI=1S/C17H16N6O2S3.C2H4O2.Pb/c1-11-15(16(18)23(21-11)13-5-3-2-4-6-13)17(26)27-22-20-12-7-9-14(10-8-12)28(19,24)25;1-2(3)4;/h2-10,18,26H,1H3,(H2,19,24,25);1H3,(H,3,4);/p-1/b17-15-,18-16?,22-20?;;. The molecule has 2 aromatic carbocycles. The summed E-state index contributed by atoms with van der Waals surface area (Å²) in [6.45, 7) is 2.86. The number of hydrazone groups is 1. The minimum atomic E-state index is -3.75. The van der Waals surface area contributed by atoms with Crippen molar-refractivity contribution >= 4 is 90.8 Å². The first kappa shape index (κ1) is 28.8. The van der Waals surface area contributed by atoms with Gasteiger partial charge >= 0.3 is 0 Å². The fraction of sp³-hybridized carbons (Fsp3) is 0.105. The summed E-state index contributed by atoms with van der Waals surface area (Å²) in [6.07, 6.45) is 0. The fourth-order valence-corrected chi connectivity index (χ4v) is 3.79. The maximum atomic E-state index is 11.2. The van der Waals surface area contributed by atoms with Crippen LogP contribution in [0.15, 0.2) is 84.0 Å². The molecule has 0 unspecified atom stereocenters. The Morgan fingerprint density at radius 3 is 2.24 bits per heavy atom. The Kier molecular flexibility index (Phi) is 11.2. The third-order valence-electron chi connectivity index (χ3n) is 3.71. The van der Waals surface area contributed by atoms with Crippen LogP contribution in [0.25, 0.3) is 0 Å². The van der Waals surface area contributed by atoms with Crippen LogP contribution in [0.1, 0.15) is 13.8 Å². The van der Waals surface area contributed by atoms with Gasteiger partial charge in [0.05, 0.1) is 22.0 Å². The smallest absolute Gasteiger partial charge is 0.300 e. The molecule has 0 fully saturated rings. The maximum Gasteiger partial charge on any atom is 0.300 e. The molecule has 0 bridgehead atoms. The van der Waals surface area contributed by atoms with Gasteiger partial charge in [0.2, 0.25) is 10.0 Å². The number of primary sulfonamides is 1. The van der Waals surface area contributed by atoms with Crippen LogP contribution in [-0.2, 0) is 27.4 Å². The van der Waals surface area contributed by atoms with Crippen LogP contribution in [0.3, 0.4) is 0 Å². The number of aliphatic carboxylic acids is 1. The number of benzene rings is 2. The predicted molar refractivity (Wildman–Crippen MR) is 133 cm³/mol. The minimum absolute atomic E-state index is 0. The summed E-state index contributed by atoms with van der Waals surface area (Å²) in [4.78, 5) is 9.00. The molecule has 0 saturated heterocycles. The number of hydrogen-bond acceptors (Lipinski definition) is 9. The summed E-state index contributed by atoms with van der Waals surface area (Å²) in [7, 11) is -3.75. The Balaban J connectivity index is 0.00000101. The van der Waals surface area contributed by atoms with Gasteiger partial charge in [-0.1, -0.05) is 18.2 Å². The molecule has 1 aliphatic rings. The summed E-state index contributed by atoms with van der Waals surface area (Å²) in [5.41, 5.74) is 2.36. The Labute approximate surface area is 221 Å². The van der Waals surface area contributed by atoms with E-state index in [-0.39, 0.29) is 38.0 Å². The summed E-state index contributed by atoms with van der Waals surface area (Å²) < 4.78 is 26.8. The van der Waals surface area contributed by atoms with Crippen LogP contribution in [0.2, 0.25) is 0 Å². The quantitative estimate of drug-likeness (QED) is 0.187. The predicted octanol–water partition coefficient (Wildman–Crippen LogP) is 3.41. The number of nitrogens with two attached hydrogens (primary N) is 1. The van der Waals surface area contributed by atoms with Crippen molar-refractivity contribution in [3.8, 4) is 0 Å². The summed E-state index contributed by atoms with van der Waals surface area (Å²) in [5.74, 6) is -0.658. The summed E-state index contributed by atoms with van der Waals surface area (Å²) in [6, 6.07) is 15.0. The Morgan fingerprint density at radius 2 is 1.73 bits per heavy atom. The van der Waals surface area contributed by atoms with Gasteiger partial charge in [0.25, 0.3) is 5.97 Å². The second-order valence-electron chi connectivity index (χ2n) is 6.17. The van der Waals surface area contributed by atoms with Gasteiger partial charge < -0.3 is 17.7 Å². The number of carboxylic acids is 1. The molecule has 0 atom stereocenters. The van der Waals surface area contributed by atoms with Crippen molar-refractivity contribution in [1.82, 2.24) is 0 Å². The second kappa shape index (κ2) is 12.9. The Morgan fingerprint density at radius 1 is 1.18 bits per heavy atom. The number of nitrogens with one attached hydrogen (secondary N) is 1. The molecule has 0 aliphatic carbocycles. The van der Waals surface area contributed by atoms with Crippen LogP contribution >= 0.6 is 11.9 Å². The van der Waals surface area contributed by atoms with Crippen molar-refractivity contribution in [3.05, 3.63) is 64.4 Å². The molecule has 0 spiro atoms. The van der Waals surface area contributed by atoms with E-state index in [0.29, 0.717) is 21.2 Å². The molecule has 10 nitrogen and oxygen atoms in total. The SMILES string of the molecule is CC(=O)O.CC1=NN(c2ccccc2)C(=N)/C1=C(/[S-])SN=Nc1ccc(S(N)(=O)=O)cc1.[Pb]. The first-order valence-electron chi connectivity index (χ1n) is 8.82. The molecule has 14 heteroatoms. The zero-order valence-electron chi connectivity index (χ0n) is 17.5. The second-order valence-corrected chi connectivity index (χ2v) is 9.16. The van der Waals surface area contributed by atoms with Crippen LogP contribution < -0.4 is 10.1 Å². The molecule has 4 N–H and O–H groups in total. The first-order chi connectivity index (χ1) is 15.0. The third kappa shape index (κ3) is 8.58. The van der Waals surface area contributed by atoms with Crippen molar-refractivity contribution in [3.63, 3.8) is 0 Å². The van der Waals surface area contributed by atoms with E-state index >= 15 is 0 Å². The number of rotatable bonds is 5. The van der Waals surface area contributed by atoms with E-state index in [1.165, 1.54) is 29.3 Å². The molecular weight excluding hydrogens is 680 g/mol. The first-order valence-corrected chi connectivity index (χ1v) is 11.5. The minimum Gasteiger partial charge on any atom is -0.770 e. The summed E-state index contributed by atoms with van der Waals surface area (Å²) >= 11 is 6.33. The molecule has 2 aromatic rings. The molecule has 4 radical (unpaired) electrons. The molecule has 1 heterocycles. The van der Waals surface area contributed by atoms with E-state index in [0.717, 1.165) is 24.6 Å². The van der Waals surface area contributed by atoms with Gasteiger partial charge in [-0.3, -0.25) is 10.2 Å². The monoisotopic (exact) mass is 699 g/mol. The van der Waals surface area contributed by atoms with Crippen LogP contribution in [-0.4, -0.2) is 58.3 Å². The van der Waals surface area contributed by atoms with Gasteiger partial charge in [0, 0.05) is 51.7 Å². The van der Waals surface area contributed by atoms with Gasteiger partial charge in [-0.15, -0.1) is 13.9 Å². The van der Waals surface area contributed by atoms with Crippen molar-refractivity contribution in [2.24, 2.45) is 19.9 Å². The Hall–Kier alpha value is -2.21. The molecule has 172 valence electrons. The number of nitrogens with zero attached hydrogens (tertiary/aromatic N) is 4. The average Bonchev–Trinajstić information content (AvgIpc) is 3.02. The molecule has 0 aromatic heterocycles. The molecule has 3 rings (SSSR count). The van der Waals surface area contributed by atoms with Crippen molar-refractivity contribution in [2.45, 2.75) is 18.7 Å². The number of sulfonamides is 1. The zero-order chi connectivity index (χ0) is 23.9. The number of amidine groups is 1. The largest absolute Gasteiger partial charge is 0.770 e. The number of carboxylic acid groups (broad SMARTS) is 1. The van der Waals surface area contributed by atoms with Gasteiger partial charge in [0.1, 0.15) is 0 Å². The molecule has 1 aliphatic heterocycles. The number of anilines is 1. The summed E-state index contributed by atoms with van der Waals surface area (Å²) in [5, 5.41) is 30.7. The van der Waals surface area contributed by atoms with E-state index in [2.05, 4.69) is 14.7 Å². The molecule has 0 amide bonds. The van der Waals surface area contributed by atoms with E-state index in [4.69, 9.17) is 33.1 Å². The van der Waals surface area contributed by atoms with E-state index in [1.807, 2.05) is 30.3 Å². The van der Waals surface area contributed by atoms with Crippen LogP contribution in [0.4, 0.5) is 11.4 Å². The van der Waals surface area contributed by atoms with E-state index in [1.54, 1.807) is 6.92 Å². The van der Waals surface area contributed by atoms with Gasteiger partial charge in [-0.05, 0) is 43.3 Å². The zero-order valence-corrected chi connectivity index (χ0v) is 23.8. The van der Waals surface area contributed by atoms with Crippen LogP contribution in [0, 0.1) is 5.41 Å². The fourth-order valence-electron chi connectivity index (χ4n) is 2.38. The average molecular weight is 699 g/mol. The van der Waals surface area contributed by atoms with E-state index < -0.39 is 16.0 Å². The third-order valence-corrected chi connectivity index (χ3v) is 5.60. The van der Waals surface area contributed by atoms with Crippen molar-refractivity contribution in [1.29, 1.82) is 5.41 Å². The molecule has 33 heavy (non-hydrogen) atoms. The maximum absolute atomic E-state index is 11.2. The molecule has 0 saturated carbocycles. The molecular formula is C19H19N6O4PbS3-. The normalized spacial score (nSPS) is 14.8. The topological polar surface area (TPSA) is 162 Å². The van der Waals surface area contributed by atoms with Crippen molar-refractivity contribution in [2.75, 3.05) is 5.01 Å². The van der Waals surface area contributed by atoms with E-state index in [9.17, 15) is 8.42 Å². The number of para-hydroxylation sites is 1. The number of carbonyl (C=O) groups is 1.